The predicted octanol–water partition coefficient (Wildman–Crippen LogP) is 2.68. The van der Waals surface area contributed by atoms with Gasteiger partial charge in [-0.05, 0) is 35.9 Å². The Morgan fingerprint density at radius 2 is 1.80 bits per heavy atom. The molecule has 0 spiro atoms. The lowest BCUT2D eigenvalue weighted by Gasteiger charge is -2.20. The predicted molar refractivity (Wildman–Crippen MR) is 97.7 cm³/mol. The quantitative estimate of drug-likeness (QED) is 0.699. The fraction of sp³-hybridized carbons (Fsp3) is 0.222. The summed E-state index contributed by atoms with van der Waals surface area (Å²) >= 11 is 0. The summed E-state index contributed by atoms with van der Waals surface area (Å²) in [6.07, 6.45) is 2.68. The van der Waals surface area contributed by atoms with Gasteiger partial charge in [-0.1, -0.05) is 12.1 Å². The summed E-state index contributed by atoms with van der Waals surface area (Å²) in [6.45, 7) is 0.624. The maximum Gasteiger partial charge on any atom is 0.175 e. The van der Waals surface area contributed by atoms with E-state index in [0.29, 0.717) is 23.3 Å². The van der Waals surface area contributed by atoms with Crippen LogP contribution in [-0.4, -0.2) is 38.8 Å². The van der Waals surface area contributed by atoms with E-state index < -0.39 is 9.84 Å². The van der Waals surface area contributed by atoms with Gasteiger partial charge in [0.05, 0.1) is 17.5 Å². The smallest absolute Gasteiger partial charge is 0.175 e. The van der Waals surface area contributed by atoms with Gasteiger partial charge in [0, 0.05) is 25.2 Å². The highest BCUT2D eigenvalue weighted by Gasteiger charge is 2.13. The number of anilines is 1. The van der Waals surface area contributed by atoms with Crippen molar-refractivity contribution in [1.29, 1.82) is 0 Å². The Labute approximate surface area is 147 Å². The minimum absolute atomic E-state index is 0.258. The van der Waals surface area contributed by atoms with Gasteiger partial charge >= 0.3 is 0 Å². The third-order valence-corrected chi connectivity index (χ3v) is 5.06. The summed E-state index contributed by atoms with van der Waals surface area (Å²) in [5.41, 5.74) is 1.80. The highest BCUT2D eigenvalue weighted by Crippen LogP contribution is 2.26. The summed E-state index contributed by atoms with van der Waals surface area (Å²) in [5, 5.41) is 0.710. The van der Waals surface area contributed by atoms with Crippen LogP contribution in [0.15, 0.2) is 53.7 Å². The van der Waals surface area contributed by atoms with E-state index in [0.717, 1.165) is 11.3 Å². The van der Waals surface area contributed by atoms with Gasteiger partial charge in [-0.25, -0.2) is 18.4 Å². The first-order chi connectivity index (χ1) is 11.9. The molecule has 7 heteroatoms. The van der Waals surface area contributed by atoms with E-state index in [-0.39, 0.29) is 4.90 Å². The number of aromatic nitrogens is 2. The summed E-state index contributed by atoms with van der Waals surface area (Å²) in [7, 11) is 0.257. The first-order valence-corrected chi connectivity index (χ1v) is 9.56. The second-order valence-corrected chi connectivity index (χ2v) is 7.87. The van der Waals surface area contributed by atoms with Crippen LogP contribution in [0.4, 0.5) is 5.82 Å². The number of rotatable bonds is 5. The molecule has 0 radical (unpaired) electrons. The standard InChI is InChI=1S/C18H19N3O3S/c1-21(11-13-4-6-14(24-2)7-5-13)18-16-10-15(25(3,22)23)8-9-17(16)19-12-20-18/h4-10,12H,11H2,1-3H3. The molecule has 0 atom stereocenters. The SMILES string of the molecule is COc1ccc(CN(C)c2ncnc3ccc(S(C)(=O)=O)cc23)cc1. The second kappa shape index (κ2) is 6.68. The van der Waals surface area contributed by atoms with Crippen LogP contribution in [0.3, 0.4) is 0 Å². The number of nitrogens with zero attached hydrogens (tertiary/aromatic N) is 3. The molecule has 0 aliphatic carbocycles. The normalized spacial score (nSPS) is 11.5. The molecule has 2 aromatic carbocycles. The number of hydrogen-bond acceptors (Lipinski definition) is 6. The van der Waals surface area contributed by atoms with Crippen molar-refractivity contribution in [1.82, 2.24) is 9.97 Å². The number of benzene rings is 2. The molecule has 130 valence electrons. The van der Waals surface area contributed by atoms with Gasteiger partial charge in [-0.15, -0.1) is 0 Å². The van der Waals surface area contributed by atoms with Crippen LogP contribution in [0.5, 0.6) is 5.75 Å². The van der Waals surface area contributed by atoms with Crippen molar-refractivity contribution in [3.63, 3.8) is 0 Å². The Bertz CT molecular complexity index is 1000. The minimum atomic E-state index is -3.29. The molecule has 1 aromatic heterocycles. The van der Waals surface area contributed by atoms with Gasteiger partial charge in [0.25, 0.3) is 0 Å². The third kappa shape index (κ3) is 3.71. The molecule has 0 aliphatic heterocycles. The molecule has 0 saturated heterocycles. The molecule has 0 bridgehead atoms. The number of hydrogen-bond donors (Lipinski definition) is 0. The van der Waals surface area contributed by atoms with Crippen LogP contribution in [0.25, 0.3) is 10.9 Å². The van der Waals surface area contributed by atoms with Crippen molar-refractivity contribution in [3.05, 3.63) is 54.4 Å². The Hall–Kier alpha value is -2.67. The van der Waals surface area contributed by atoms with Gasteiger partial charge in [0.1, 0.15) is 17.9 Å². The van der Waals surface area contributed by atoms with Crippen molar-refractivity contribution >= 4 is 26.6 Å². The summed E-state index contributed by atoms with van der Waals surface area (Å²) in [5.74, 6) is 1.49. The van der Waals surface area contributed by atoms with Gasteiger partial charge in [-0.3, -0.25) is 0 Å². The largest absolute Gasteiger partial charge is 0.497 e. The summed E-state index contributed by atoms with van der Waals surface area (Å²) < 4.78 is 28.9. The fourth-order valence-corrected chi connectivity index (χ4v) is 3.28. The van der Waals surface area contributed by atoms with Crippen LogP contribution < -0.4 is 9.64 Å². The van der Waals surface area contributed by atoms with Crippen LogP contribution in [-0.2, 0) is 16.4 Å². The minimum Gasteiger partial charge on any atom is -0.497 e. The van der Waals surface area contributed by atoms with Crippen molar-refractivity contribution < 1.29 is 13.2 Å². The number of ether oxygens (including phenoxy) is 1. The topological polar surface area (TPSA) is 72.4 Å². The lowest BCUT2D eigenvalue weighted by molar-refractivity contribution is 0.414. The van der Waals surface area contributed by atoms with E-state index >= 15 is 0 Å². The second-order valence-electron chi connectivity index (χ2n) is 5.85. The highest BCUT2D eigenvalue weighted by atomic mass is 32.2. The maximum atomic E-state index is 11.8. The van der Waals surface area contributed by atoms with Gasteiger partial charge in [0.2, 0.25) is 0 Å². The van der Waals surface area contributed by atoms with Crippen molar-refractivity contribution in [2.24, 2.45) is 0 Å². The van der Waals surface area contributed by atoms with Crippen molar-refractivity contribution in [3.8, 4) is 5.75 Å². The van der Waals surface area contributed by atoms with E-state index in [9.17, 15) is 8.42 Å². The average molecular weight is 357 g/mol. The molecule has 25 heavy (non-hydrogen) atoms. The molecular weight excluding hydrogens is 338 g/mol. The summed E-state index contributed by atoms with van der Waals surface area (Å²) in [4.78, 5) is 10.8. The van der Waals surface area contributed by atoms with E-state index in [1.54, 1.807) is 25.3 Å². The molecule has 0 N–H and O–H groups in total. The number of sulfone groups is 1. The molecule has 3 aromatic rings. The van der Waals surface area contributed by atoms with Crippen LogP contribution in [0, 0.1) is 0 Å². The molecule has 6 nitrogen and oxygen atoms in total. The molecule has 0 aliphatic rings. The van der Waals surface area contributed by atoms with Crippen LogP contribution in [0.1, 0.15) is 5.56 Å². The van der Waals surface area contributed by atoms with Gasteiger partial charge < -0.3 is 9.64 Å². The zero-order valence-corrected chi connectivity index (χ0v) is 15.1. The lowest BCUT2D eigenvalue weighted by atomic mass is 10.2. The first-order valence-electron chi connectivity index (χ1n) is 7.67. The zero-order valence-electron chi connectivity index (χ0n) is 14.3. The third-order valence-electron chi connectivity index (χ3n) is 3.95. The Balaban J connectivity index is 1.98. The van der Waals surface area contributed by atoms with E-state index in [4.69, 9.17) is 4.74 Å². The number of fused-ring (bicyclic) bond motifs is 1. The lowest BCUT2D eigenvalue weighted by Crippen LogP contribution is -2.18. The first kappa shape index (κ1) is 17.2. The van der Waals surface area contributed by atoms with E-state index in [1.807, 2.05) is 36.2 Å². The van der Waals surface area contributed by atoms with Crippen molar-refractivity contribution in [2.75, 3.05) is 25.3 Å². The molecular formula is C18H19N3O3S. The molecule has 3 rings (SSSR count). The molecule has 0 unspecified atom stereocenters. The van der Waals surface area contributed by atoms with E-state index in [1.165, 1.54) is 12.6 Å². The zero-order chi connectivity index (χ0) is 18.0. The Morgan fingerprint density at radius 1 is 1.08 bits per heavy atom. The van der Waals surface area contributed by atoms with Crippen LogP contribution >= 0.6 is 0 Å². The van der Waals surface area contributed by atoms with E-state index in [2.05, 4.69) is 9.97 Å². The Kier molecular flexibility index (Phi) is 4.59. The fourth-order valence-electron chi connectivity index (χ4n) is 2.64. The van der Waals surface area contributed by atoms with Crippen molar-refractivity contribution in [2.45, 2.75) is 11.4 Å². The monoisotopic (exact) mass is 357 g/mol. The van der Waals surface area contributed by atoms with Gasteiger partial charge in [-0.2, -0.15) is 0 Å². The molecule has 0 amide bonds. The molecule has 1 heterocycles. The van der Waals surface area contributed by atoms with Gasteiger partial charge in [0.15, 0.2) is 9.84 Å². The highest BCUT2D eigenvalue weighted by molar-refractivity contribution is 7.90. The summed E-state index contributed by atoms with van der Waals surface area (Å²) in [6, 6.07) is 12.7. The maximum absolute atomic E-state index is 11.8. The average Bonchev–Trinajstić information content (AvgIpc) is 2.60. The number of methoxy groups -OCH3 is 1. The van der Waals surface area contributed by atoms with Crippen LogP contribution in [0.2, 0.25) is 0 Å². The molecule has 0 saturated carbocycles. The Morgan fingerprint density at radius 3 is 2.44 bits per heavy atom. The molecule has 0 fully saturated rings.